The fourth-order valence-corrected chi connectivity index (χ4v) is 5.94. The Morgan fingerprint density at radius 2 is 1.79 bits per heavy atom. The molecule has 3 aromatic rings. The minimum Gasteiger partial charge on any atom is -0.359 e. The Bertz CT molecular complexity index is 1150. The molecule has 0 atom stereocenters. The second-order valence-corrected chi connectivity index (χ2v) is 10.2. The largest absolute Gasteiger partial charge is 0.359 e. The van der Waals surface area contributed by atoms with Gasteiger partial charge in [0.15, 0.2) is 0 Å². The predicted molar refractivity (Wildman–Crippen MR) is 138 cm³/mol. The van der Waals surface area contributed by atoms with E-state index >= 15 is 0 Å². The monoisotopic (exact) mass is 462 g/mol. The number of nitrogens with one attached hydrogen (secondary N) is 1. The molecule has 0 saturated heterocycles. The van der Waals surface area contributed by atoms with Crippen LogP contribution in [-0.2, 0) is 23.5 Å². The Kier molecular flexibility index (Phi) is 7.92. The van der Waals surface area contributed by atoms with E-state index in [2.05, 4.69) is 60.8 Å². The molecule has 1 aliphatic carbocycles. The van der Waals surface area contributed by atoms with Crippen molar-refractivity contribution in [3.8, 4) is 0 Å². The molecular formula is C28H34N2O2S. The zero-order chi connectivity index (χ0) is 23.2. The van der Waals surface area contributed by atoms with E-state index < -0.39 is 0 Å². The van der Waals surface area contributed by atoms with Gasteiger partial charge >= 0.3 is 0 Å². The van der Waals surface area contributed by atoms with E-state index in [0.29, 0.717) is 5.92 Å². The highest BCUT2D eigenvalue weighted by Gasteiger charge is 2.26. The molecule has 4 nitrogen and oxygen atoms in total. The van der Waals surface area contributed by atoms with Gasteiger partial charge in [-0.05, 0) is 66.7 Å². The first-order chi connectivity index (χ1) is 16.1. The van der Waals surface area contributed by atoms with E-state index in [1.54, 1.807) is 18.8 Å². The van der Waals surface area contributed by atoms with Crippen LogP contribution in [0.4, 0.5) is 0 Å². The Balaban J connectivity index is 1.63. The lowest BCUT2D eigenvalue weighted by molar-refractivity contribution is -0.125. The smallest absolute Gasteiger partial charge is 0.259 e. The summed E-state index contributed by atoms with van der Waals surface area (Å²) in [6.07, 6.45) is 5.84. The van der Waals surface area contributed by atoms with Gasteiger partial charge in [-0.15, -0.1) is 11.8 Å². The van der Waals surface area contributed by atoms with E-state index in [0.717, 1.165) is 66.6 Å². The van der Waals surface area contributed by atoms with Gasteiger partial charge in [0, 0.05) is 30.6 Å². The summed E-state index contributed by atoms with van der Waals surface area (Å²) in [7, 11) is 1.71. The Morgan fingerprint density at radius 3 is 2.48 bits per heavy atom. The number of fused-ring (bicyclic) bond motifs is 1. The van der Waals surface area contributed by atoms with Crippen LogP contribution in [-0.4, -0.2) is 17.5 Å². The van der Waals surface area contributed by atoms with Gasteiger partial charge in [0.05, 0.1) is 5.03 Å². The van der Waals surface area contributed by atoms with Gasteiger partial charge in [-0.2, -0.15) is 0 Å². The number of hydrogen-bond acceptors (Lipinski definition) is 3. The van der Waals surface area contributed by atoms with Crippen molar-refractivity contribution in [3.63, 3.8) is 0 Å². The number of pyridine rings is 1. The van der Waals surface area contributed by atoms with Gasteiger partial charge in [0.25, 0.3) is 5.56 Å². The van der Waals surface area contributed by atoms with E-state index in [9.17, 15) is 9.59 Å². The topological polar surface area (TPSA) is 51.1 Å². The molecule has 0 unspecified atom stereocenters. The van der Waals surface area contributed by atoms with Gasteiger partial charge in [-0.1, -0.05) is 55.8 Å². The van der Waals surface area contributed by atoms with Crippen molar-refractivity contribution in [3.05, 3.63) is 76.1 Å². The fraction of sp³-hybridized carbons (Fsp3) is 0.429. The summed E-state index contributed by atoms with van der Waals surface area (Å²) >= 11 is 1.74. The van der Waals surface area contributed by atoms with Crippen molar-refractivity contribution in [1.29, 1.82) is 0 Å². The molecule has 1 saturated carbocycles. The maximum atomic E-state index is 13.7. The Hall–Kier alpha value is -2.53. The average Bonchev–Trinajstić information content (AvgIpc) is 2.86. The van der Waals surface area contributed by atoms with Crippen LogP contribution in [0.15, 0.2) is 64.4 Å². The van der Waals surface area contributed by atoms with E-state index in [1.807, 2.05) is 10.6 Å². The summed E-state index contributed by atoms with van der Waals surface area (Å²) in [5, 5.41) is 5.67. The number of benzene rings is 2. The highest BCUT2D eigenvalue weighted by molar-refractivity contribution is 7.98. The lowest BCUT2D eigenvalue weighted by atomic mass is 9.81. The van der Waals surface area contributed by atoms with Crippen molar-refractivity contribution in [1.82, 2.24) is 9.88 Å². The summed E-state index contributed by atoms with van der Waals surface area (Å²) in [4.78, 5) is 25.7. The molecule has 4 rings (SSSR count). The molecule has 1 heterocycles. The van der Waals surface area contributed by atoms with E-state index in [-0.39, 0.29) is 17.4 Å². The second-order valence-electron chi connectivity index (χ2n) is 9.18. The van der Waals surface area contributed by atoms with Gasteiger partial charge in [-0.3, -0.25) is 9.59 Å². The minimum atomic E-state index is 0.114. The van der Waals surface area contributed by atoms with Crippen molar-refractivity contribution in [2.75, 3.05) is 7.05 Å². The highest BCUT2D eigenvalue weighted by Crippen LogP contribution is 2.32. The van der Waals surface area contributed by atoms with Gasteiger partial charge in [-0.25, -0.2) is 0 Å². The van der Waals surface area contributed by atoms with Crippen LogP contribution >= 0.6 is 11.8 Å². The maximum absolute atomic E-state index is 13.7. The van der Waals surface area contributed by atoms with Crippen LogP contribution in [0.5, 0.6) is 0 Å². The molecule has 1 aromatic heterocycles. The van der Waals surface area contributed by atoms with Crippen LogP contribution < -0.4 is 10.9 Å². The number of carbonyl (C=O) groups is 1. The number of hydrogen-bond donors (Lipinski definition) is 1. The van der Waals surface area contributed by atoms with Crippen LogP contribution in [0.25, 0.3) is 10.8 Å². The van der Waals surface area contributed by atoms with Crippen molar-refractivity contribution < 1.29 is 4.79 Å². The SMILES string of the molecule is CCCc1ccc2cc(SCc3ccccc3)n(CC3CCC(C(=O)NC)CC3)c(=O)c2c1. The molecule has 1 fully saturated rings. The number of aryl methyl sites for hydroxylation is 1. The second kappa shape index (κ2) is 11.1. The van der Waals surface area contributed by atoms with Gasteiger partial charge in [0.2, 0.25) is 5.91 Å². The zero-order valence-electron chi connectivity index (χ0n) is 19.7. The van der Waals surface area contributed by atoms with Crippen LogP contribution in [0.2, 0.25) is 0 Å². The molecule has 0 radical (unpaired) electrons. The molecule has 0 aliphatic heterocycles. The number of thioether (sulfide) groups is 1. The molecule has 2 aromatic carbocycles. The molecule has 1 N–H and O–H groups in total. The maximum Gasteiger partial charge on any atom is 0.259 e. The third kappa shape index (κ3) is 5.70. The first-order valence-electron chi connectivity index (χ1n) is 12.1. The van der Waals surface area contributed by atoms with Crippen LogP contribution in [0, 0.1) is 11.8 Å². The van der Waals surface area contributed by atoms with Crippen LogP contribution in [0.3, 0.4) is 0 Å². The molecule has 1 aliphatic rings. The molecule has 33 heavy (non-hydrogen) atoms. The number of aromatic nitrogens is 1. The van der Waals surface area contributed by atoms with Crippen molar-refractivity contribution in [2.24, 2.45) is 11.8 Å². The standard InChI is InChI=1S/C28H34N2O2S/c1-3-7-20-10-15-24-17-26(33-19-22-8-5-4-6-9-22)30(28(32)25(24)16-20)18-21-11-13-23(14-12-21)27(31)29-2/h4-6,8-10,15-17,21,23H,3,7,11-14,18-19H2,1-2H3,(H,29,31). The first kappa shape index (κ1) is 23.6. The number of amides is 1. The molecule has 5 heteroatoms. The van der Waals surface area contributed by atoms with Crippen molar-refractivity contribution in [2.45, 2.75) is 62.8 Å². The van der Waals surface area contributed by atoms with E-state index in [1.165, 1.54) is 11.1 Å². The third-order valence-electron chi connectivity index (χ3n) is 6.81. The molecule has 0 bridgehead atoms. The zero-order valence-corrected chi connectivity index (χ0v) is 20.5. The van der Waals surface area contributed by atoms with Gasteiger partial charge in [0.1, 0.15) is 0 Å². The van der Waals surface area contributed by atoms with Crippen molar-refractivity contribution >= 4 is 28.4 Å². The summed E-state index contributed by atoms with van der Waals surface area (Å²) in [5.41, 5.74) is 2.60. The summed E-state index contributed by atoms with van der Waals surface area (Å²) in [6.45, 7) is 2.89. The highest BCUT2D eigenvalue weighted by atomic mass is 32.2. The quantitative estimate of drug-likeness (QED) is 0.431. The van der Waals surface area contributed by atoms with Crippen LogP contribution in [0.1, 0.15) is 50.2 Å². The lowest BCUT2D eigenvalue weighted by Crippen LogP contribution is -2.33. The lowest BCUT2D eigenvalue weighted by Gasteiger charge is -2.28. The van der Waals surface area contributed by atoms with Gasteiger partial charge < -0.3 is 9.88 Å². The molecule has 1 amide bonds. The Morgan fingerprint density at radius 1 is 1.03 bits per heavy atom. The average molecular weight is 463 g/mol. The first-order valence-corrected chi connectivity index (χ1v) is 13.1. The summed E-state index contributed by atoms with van der Waals surface area (Å²) in [6, 6.07) is 19.0. The fourth-order valence-electron chi connectivity index (χ4n) is 4.91. The predicted octanol–water partition coefficient (Wildman–Crippen LogP) is 5.80. The molecule has 0 spiro atoms. The number of nitrogens with zero attached hydrogens (tertiary/aromatic N) is 1. The number of rotatable bonds is 8. The van der Waals surface area contributed by atoms with E-state index in [4.69, 9.17) is 0 Å². The number of carbonyl (C=O) groups excluding carboxylic acids is 1. The molecule has 174 valence electrons. The molecular weight excluding hydrogens is 428 g/mol. The summed E-state index contributed by atoms with van der Waals surface area (Å²) < 4.78 is 2.01. The minimum absolute atomic E-state index is 0.114. The third-order valence-corrected chi connectivity index (χ3v) is 7.92. The Labute approximate surface area is 200 Å². The normalized spacial score (nSPS) is 18.4. The summed E-state index contributed by atoms with van der Waals surface area (Å²) in [5.74, 6) is 1.53.